The third-order valence-corrected chi connectivity index (χ3v) is 7.52. The van der Waals surface area contributed by atoms with Crippen molar-refractivity contribution < 1.29 is 18.1 Å². The molecule has 1 amide bonds. The molecular formula is C19H31ClN3O3S+. The fraction of sp³-hybridized carbons (Fsp3) is 0.632. The van der Waals surface area contributed by atoms with Crippen LogP contribution >= 0.6 is 11.6 Å². The van der Waals surface area contributed by atoms with Gasteiger partial charge in [-0.05, 0) is 44.9 Å². The quantitative estimate of drug-likeness (QED) is 0.675. The van der Waals surface area contributed by atoms with E-state index in [1.54, 1.807) is 6.07 Å². The van der Waals surface area contributed by atoms with Gasteiger partial charge in [0, 0.05) is 18.7 Å². The molecule has 152 valence electrons. The van der Waals surface area contributed by atoms with Gasteiger partial charge in [-0.1, -0.05) is 24.4 Å². The smallest absolute Gasteiger partial charge is 0.251 e. The van der Waals surface area contributed by atoms with Crippen LogP contribution in [0.2, 0.25) is 5.02 Å². The third kappa shape index (κ3) is 5.91. The summed E-state index contributed by atoms with van der Waals surface area (Å²) in [5.74, 6) is -0.273. The molecule has 1 fully saturated rings. The van der Waals surface area contributed by atoms with E-state index < -0.39 is 10.0 Å². The molecule has 0 unspecified atom stereocenters. The lowest BCUT2D eigenvalue weighted by atomic mass is 10.2. The molecule has 1 aromatic rings. The van der Waals surface area contributed by atoms with Crippen molar-refractivity contribution >= 4 is 27.5 Å². The average Bonchev–Trinajstić information content (AvgIpc) is 2.95. The molecule has 0 atom stereocenters. The highest BCUT2D eigenvalue weighted by molar-refractivity contribution is 7.89. The van der Waals surface area contributed by atoms with Crippen LogP contribution in [0.15, 0.2) is 23.1 Å². The summed E-state index contributed by atoms with van der Waals surface area (Å²) in [5, 5.41) is 3.03. The summed E-state index contributed by atoms with van der Waals surface area (Å²) in [7, 11) is -3.70. The van der Waals surface area contributed by atoms with Gasteiger partial charge in [0.15, 0.2) is 0 Å². The third-order valence-electron chi connectivity index (χ3n) is 5.14. The fourth-order valence-corrected chi connectivity index (χ4v) is 5.34. The summed E-state index contributed by atoms with van der Waals surface area (Å²) in [6.45, 7) is 8.62. The number of carbonyl (C=O) groups excluding carboxylic acids is 1. The van der Waals surface area contributed by atoms with Crippen LogP contribution in [-0.2, 0) is 10.0 Å². The zero-order valence-electron chi connectivity index (χ0n) is 16.3. The Morgan fingerprint density at radius 1 is 1.15 bits per heavy atom. The van der Waals surface area contributed by atoms with Gasteiger partial charge in [0.25, 0.3) is 5.91 Å². The number of hydrogen-bond acceptors (Lipinski definition) is 3. The molecular weight excluding hydrogens is 386 g/mol. The molecule has 27 heavy (non-hydrogen) atoms. The van der Waals surface area contributed by atoms with Crippen LogP contribution in [0.25, 0.3) is 0 Å². The molecule has 2 rings (SSSR count). The molecule has 0 saturated carbocycles. The second kappa shape index (κ2) is 10.4. The van der Waals surface area contributed by atoms with Crippen molar-refractivity contribution in [2.75, 3.05) is 39.3 Å². The second-order valence-corrected chi connectivity index (χ2v) is 9.24. The maximum atomic E-state index is 13.0. The van der Waals surface area contributed by atoms with Crippen molar-refractivity contribution in [2.45, 2.75) is 44.4 Å². The van der Waals surface area contributed by atoms with E-state index in [1.165, 1.54) is 21.3 Å². The van der Waals surface area contributed by atoms with Crippen LogP contribution in [0, 0.1) is 0 Å². The first-order chi connectivity index (χ1) is 12.9. The van der Waals surface area contributed by atoms with Crippen molar-refractivity contribution in [3.63, 3.8) is 0 Å². The van der Waals surface area contributed by atoms with E-state index in [-0.39, 0.29) is 15.8 Å². The number of quaternary nitrogens is 1. The van der Waals surface area contributed by atoms with E-state index in [4.69, 9.17) is 11.6 Å². The monoisotopic (exact) mass is 416 g/mol. The number of amides is 1. The average molecular weight is 417 g/mol. The first-order valence-corrected chi connectivity index (χ1v) is 11.6. The standard InChI is InChI=1S/C19H30ClN3O3S/c1-3-22(4-2)14-11-21-19(24)16-9-10-17(20)18(15-16)27(25,26)23-12-7-5-6-8-13-23/h9-10,15H,3-8,11-14H2,1-2H3,(H,21,24)/p+1. The van der Waals surface area contributed by atoms with E-state index in [9.17, 15) is 13.2 Å². The minimum atomic E-state index is -3.70. The minimum absolute atomic E-state index is 0.0214. The van der Waals surface area contributed by atoms with Crippen molar-refractivity contribution in [3.05, 3.63) is 28.8 Å². The molecule has 2 N–H and O–H groups in total. The van der Waals surface area contributed by atoms with Gasteiger partial charge >= 0.3 is 0 Å². The Morgan fingerprint density at radius 2 is 1.78 bits per heavy atom. The molecule has 1 saturated heterocycles. The van der Waals surface area contributed by atoms with Crippen molar-refractivity contribution in [3.8, 4) is 0 Å². The van der Waals surface area contributed by atoms with Gasteiger partial charge in [-0.15, -0.1) is 0 Å². The Labute approximate surface area is 167 Å². The number of carbonyl (C=O) groups is 1. The molecule has 1 aliphatic rings. The first-order valence-electron chi connectivity index (χ1n) is 9.81. The molecule has 8 heteroatoms. The number of likely N-dealkylation sites (N-methyl/N-ethyl adjacent to an activating group) is 1. The lowest BCUT2D eigenvalue weighted by molar-refractivity contribution is -0.895. The maximum absolute atomic E-state index is 13.0. The number of nitrogens with one attached hydrogen (secondary N) is 2. The number of sulfonamides is 1. The summed E-state index contributed by atoms with van der Waals surface area (Å²) in [4.78, 5) is 13.9. The van der Waals surface area contributed by atoms with Crippen molar-refractivity contribution in [1.29, 1.82) is 0 Å². The van der Waals surface area contributed by atoms with Crippen LogP contribution in [-0.4, -0.2) is 57.9 Å². The molecule has 0 aliphatic carbocycles. The van der Waals surface area contributed by atoms with E-state index in [0.29, 0.717) is 25.2 Å². The van der Waals surface area contributed by atoms with Gasteiger partial charge in [-0.25, -0.2) is 8.42 Å². The van der Waals surface area contributed by atoms with Crippen molar-refractivity contribution in [2.24, 2.45) is 0 Å². The number of nitrogens with zero attached hydrogens (tertiary/aromatic N) is 1. The van der Waals surface area contributed by atoms with E-state index in [1.807, 2.05) is 0 Å². The molecule has 0 spiro atoms. The van der Waals surface area contributed by atoms with Gasteiger partial charge in [-0.2, -0.15) is 4.31 Å². The largest absolute Gasteiger partial charge is 0.346 e. The van der Waals surface area contributed by atoms with E-state index >= 15 is 0 Å². The van der Waals surface area contributed by atoms with Gasteiger partial charge in [0.2, 0.25) is 10.0 Å². The van der Waals surface area contributed by atoms with Gasteiger partial charge in [-0.3, -0.25) is 4.79 Å². The Balaban J connectivity index is 2.13. The van der Waals surface area contributed by atoms with Gasteiger partial charge in [0.05, 0.1) is 31.2 Å². The number of hydrogen-bond donors (Lipinski definition) is 2. The Hall–Kier alpha value is -1.15. The molecule has 1 aromatic carbocycles. The van der Waals surface area contributed by atoms with Crippen LogP contribution in [0.5, 0.6) is 0 Å². The van der Waals surface area contributed by atoms with Crippen LogP contribution in [0.4, 0.5) is 0 Å². The van der Waals surface area contributed by atoms with E-state index in [2.05, 4.69) is 19.2 Å². The maximum Gasteiger partial charge on any atom is 0.251 e. The molecule has 1 aliphatic heterocycles. The highest BCUT2D eigenvalue weighted by Crippen LogP contribution is 2.27. The van der Waals surface area contributed by atoms with E-state index in [0.717, 1.165) is 45.3 Å². The predicted octanol–water partition coefficient (Wildman–Crippen LogP) is 1.56. The lowest BCUT2D eigenvalue weighted by Gasteiger charge is -2.21. The summed E-state index contributed by atoms with van der Waals surface area (Å²) in [5.41, 5.74) is 0.322. The first kappa shape index (κ1) is 22.1. The molecule has 0 bridgehead atoms. The highest BCUT2D eigenvalue weighted by atomic mass is 35.5. The zero-order chi connectivity index (χ0) is 19.9. The lowest BCUT2D eigenvalue weighted by Crippen LogP contribution is -3.12. The van der Waals surface area contributed by atoms with Crippen LogP contribution in [0.3, 0.4) is 0 Å². The summed E-state index contributed by atoms with van der Waals surface area (Å²) >= 11 is 6.19. The number of benzene rings is 1. The molecule has 0 radical (unpaired) electrons. The number of halogens is 1. The highest BCUT2D eigenvalue weighted by Gasteiger charge is 2.28. The predicted molar refractivity (Wildman–Crippen MR) is 108 cm³/mol. The molecule has 1 heterocycles. The topological polar surface area (TPSA) is 70.9 Å². The second-order valence-electron chi connectivity index (χ2n) is 6.93. The van der Waals surface area contributed by atoms with Crippen molar-refractivity contribution in [1.82, 2.24) is 9.62 Å². The summed E-state index contributed by atoms with van der Waals surface area (Å²) in [6.07, 6.45) is 3.78. The Bertz CT molecular complexity index is 728. The normalized spacial score (nSPS) is 16.3. The molecule has 6 nitrogen and oxygen atoms in total. The van der Waals surface area contributed by atoms with Gasteiger partial charge in [0.1, 0.15) is 4.90 Å². The molecule has 0 aromatic heterocycles. The minimum Gasteiger partial charge on any atom is -0.346 e. The fourth-order valence-electron chi connectivity index (χ4n) is 3.32. The Kier molecular flexibility index (Phi) is 8.54. The zero-order valence-corrected chi connectivity index (χ0v) is 17.8. The van der Waals surface area contributed by atoms with Crippen LogP contribution in [0.1, 0.15) is 49.9 Å². The summed E-state index contributed by atoms with van der Waals surface area (Å²) < 4.78 is 27.5. The number of rotatable bonds is 8. The van der Waals surface area contributed by atoms with Crippen LogP contribution < -0.4 is 10.2 Å². The SMILES string of the molecule is CC[NH+](CC)CCNC(=O)c1ccc(Cl)c(S(=O)(=O)N2CCCCCC2)c1. The summed E-state index contributed by atoms with van der Waals surface area (Å²) in [6, 6.07) is 4.47. The Morgan fingerprint density at radius 3 is 2.37 bits per heavy atom. The van der Waals surface area contributed by atoms with Gasteiger partial charge < -0.3 is 10.2 Å².